The topological polar surface area (TPSA) is 248 Å². The van der Waals surface area contributed by atoms with E-state index >= 15 is 0 Å². The predicted molar refractivity (Wildman–Crippen MR) is 139 cm³/mol. The van der Waals surface area contributed by atoms with E-state index in [0.717, 1.165) is 0 Å². The number of carboxylic acid groups (broad SMARTS) is 1. The summed E-state index contributed by atoms with van der Waals surface area (Å²) in [6, 6.07) is 0.839. The van der Waals surface area contributed by atoms with Crippen LogP contribution in [0.15, 0.2) is 49.3 Å². The second kappa shape index (κ2) is 13.9. The number of amides is 3. The molecule has 2 aromatic heterocycles. The summed E-state index contributed by atoms with van der Waals surface area (Å²) in [5.41, 5.74) is 7.71. The van der Waals surface area contributed by atoms with Gasteiger partial charge in [0, 0.05) is 43.0 Å². The number of aliphatic carboxylic acids is 1. The van der Waals surface area contributed by atoms with Gasteiger partial charge in [0.2, 0.25) is 17.7 Å². The molecule has 0 radical (unpaired) electrons. The van der Waals surface area contributed by atoms with E-state index in [-0.39, 0.29) is 25.0 Å². The number of aromatic nitrogens is 4. The molecule has 15 heteroatoms. The number of aromatic amines is 2. The zero-order valence-corrected chi connectivity index (χ0v) is 21.6. The summed E-state index contributed by atoms with van der Waals surface area (Å²) < 4.78 is 0. The number of H-pyrrole nitrogens is 2. The van der Waals surface area contributed by atoms with E-state index < -0.39 is 54.0 Å². The number of nitrogens with one attached hydrogen (secondary N) is 5. The molecule has 0 fully saturated rings. The maximum atomic E-state index is 13.5. The van der Waals surface area contributed by atoms with E-state index in [2.05, 4.69) is 35.9 Å². The molecule has 0 aliphatic heterocycles. The average Bonchev–Trinajstić information content (AvgIpc) is 3.61. The second-order valence-corrected chi connectivity index (χ2v) is 9.23. The Morgan fingerprint density at radius 1 is 0.850 bits per heavy atom. The lowest BCUT2D eigenvalue weighted by Gasteiger charge is -2.25. The van der Waals surface area contributed by atoms with Crippen LogP contribution in [0.2, 0.25) is 0 Å². The van der Waals surface area contributed by atoms with Crippen LogP contribution in [0.3, 0.4) is 0 Å². The molecule has 5 unspecified atom stereocenters. The summed E-state index contributed by atoms with van der Waals surface area (Å²) in [5.74, 6) is -3.71. The van der Waals surface area contributed by atoms with Crippen molar-refractivity contribution in [3.8, 4) is 5.75 Å². The van der Waals surface area contributed by atoms with Gasteiger partial charge in [-0.1, -0.05) is 12.1 Å². The Balaban J connectivity index is 1.81. The van der Waals surface area contributed by atoms with E-state index in [4.69, 9.17) is 5.73 Å². The van der Waals surface area contributed by atoms with Gasteiger partial charge < -0.3 is 47.0 Å². The minimum Gasteiger partial charge on any atom is -0.508 e. The van der Waals surface area contributed by atoms with Gasteiger partial charge in [-0.05, 0) is 24.6 Å². The van der Waals surface area contributed by atoms with E-state index in [1.54, 1.807) is 12.1 Å². The lowest BCUT2D eigenvalue weighted by molar-refractivity contribution is -0.145. The quantitative estimate of drug-likeness (QED) is 0.107. The molecule has 3 rings (SSSR count). The zero-order valence-electron chi connectivity index (χ0n) is 21.6. The van der Waals surface area contributed by atoms with Gasteiger partial charge in [-0.2, -0.15) is 0 Å². The third kappa shape index (κ3) is 8.64. The first-order valence-electron chi connectivity index (χ1n) is 12.3. The standard InChI is InChI=1S/C25H32N8O7/c1-13(34)21(25(39)40)33-24(38)20(8-16-10-28-12-30-16)32-23(37)19(6-14-2-4-17(35)5-3-14)31-22(36)18(26)7-15-9-27-11-29-15/h2-5,9-13,18-21,34-35H,6-8,26H2,1H3,(H,27,29)(H,28,30)(H,31,36)(H,32,37)(H,33,38)(H,39,40). The molecule has 0 aliphatic carbocycles. The molecule has 2 heterocycles. The number of carbonyl (C=O) groups is 4. The number of rotatable bonds is 14. The Hall–Kier alpha value is -4.76. The first-order chi connectivity index (χ1) is 19.0. The van der Waals surface area contributed by atoms with Crippen LogP contribution in [0.1, 0.15) is 23.9 Å². The van der Waals surface area contributed by atoms with Crippen molar-refractivity contribution in [2.24, 2.45) is 5.73 Å². The summed E-state index contributed by atoms with van der Waals surface area (Å²) in [7, 11) is 0. The van der Waals surface area contributed by atoms with Crippen molar-refractivity contribution in [3.05, 3.63) is 66.3 Å². The van der Waals surface area contributed by atoms with Crippen LogP contribution in [0.4, 0.5) is 0 Å². The maximum absolute atomic E-state index is 13.5. The lowest BCUT2D eigenvalue weighted by atomic mass is 10.0. The fourth-order valence-electron chi connectivity index (χ4n) is 3.82. The molecular formula is C25H32N8O7. The molecule has 0 aliphatic rings. The third-order valence-corrected chi connectivity index (χ3v) is 6.00. The second-order valence-electron chi connectivity index (χ2n) is 9.23. The monoisotopic (exact) mass is 556 g/mol. The number of hydrogen-bond acceptors (Lipinski definition) is 9. The highest BCUT2D eigenvalue weighted by Gasteiger charge is 2.32. The van der Waals surface area contributed by atoms with Crippen LogP contribution < -0.4 is 21.7 Å². The molecule has 5 atom stereocenters. The molecule has 214 valence electrons. The summed E-state index contributed by atoms with van der Waals surface area (Å²) in [6.07, 6.45) is 4.36. The van der Waals surface area contributed by atoms with E-state index in [9.17, 15) is 34.5 Å². The van der Waals surface area contributed by atoms with Crippen LogP contribution >= 0.6 is 0 Å². The smallest absolute Gasteiger partial charge is 0.328 e. The van der Waals surface area contributed by atoms with Gasteiger partial charge in [-0.15, -0.1) is 0 Å². The number of carboxylic acids is 1. The zero-order chi connectivity index (χ0) is 29.2. The number of aromatic hydroxyl groups is 1. The van der Waals surface area contributed by atoms with Crippen LogP contribution in [0, 0.1) is 0 Å². The Labute approximate surface area is 228 Å². The minimum atomic E-state index is -1.62. The van der Waals surface area contributed by atoms with Gasteiger partial charge in [0.1, 0.15) is 17.8 Å². The molecule has 0 bridgehead atoms. The van der Waals surface area contributed by atoms with Crippen molar-refractivity contribution in [2.45, 2.75) is 56.5 Å². The van der Waals surface area contributed by atoms with Gasteiger partial charge in [0.05, 0.1) is 24.8 Å². The number of nitrogens with two attached hydrogens (primary N) is 1. The molecule has 3 amide bonds. The van der Waals surface area contributed by atoms with E-state index in [1.165, 1.54) is 44.1 Å². The molecule has 1 aromatic carbocycles. The third-order valence-electron chi connectivity index (χ3n) is 6.00. The van der Waals surface area contributed by atoms with Gasteiger partial charge in [-0.25, -0.2) is 14.8 Å². The Bertz CT molecular complexity index is 1260. The summed E-state index contributed by atoms with van der Waals surface area (Å²) in [5, 5.41) is 36.2. The largest absolute Gasteiger partial charge is 0.508 e. The SMILES string of the molecule is CC(O)C(NC(=O)C(Cc1cnc[nH]1)NC(=O)C(Cc1ccc(O)cc1)NC(=O)C(N)Cc1cnc[nH]1)C(=O)O. The molecular weight excluding hydrogens is 524 g/mol. The van der Waals surface area contributed by atoms with Crippen molar-refractivity contribution in [2.75, 3.05) is 0 Å². The minimum absolute atomic E-state index is 0.0118. The van der Waals surface area contributed by atoms with Crippen molar-refractivity contribution in [3.63, 3.8) is 0 Å². The molecule has 10 N–H and O–H groups in total. The van der Waals surface area contributed by atoms with Crippen LogP contribution in [0.5, 0.6) is 5.75 Å². The van der Waals surface area contributed by atoms with Gasteiger partial charge >= 0.3 is 5.97 Å². The normalized spacial score (nSPS) is 14.8. The van der Waals surface area contributed by atoms with Crippen LogP contribution in [-0.4, -0.2) is 89.2 Å². The number of aliphatic hydroxyl groups excluding tert-OH is 1. The number of aliphatic hydroxyl groups is 1. The molecule has 0 saturated carbocycles. The van der Waals surface area contributed by atoms with Crippen molar-refractivity contribution < 1.29 is 34.5 Å². The predicted octanol–water partition coefficient (Wildman–Crippen LogP) is -1.89. The Morgan fingerprint density at radius 2 is 1.38 bits per heavy atom. The molecule has 3 aromatic rings. The van der Waals surface area contributed by atoms with Gasteiger partial charge in [0.15, 0.2) is 6.04 Å². The lowest BCUT2D eigenvalue weighted by Crippen LogP contribution is -2.59. The molecule has 0 spiro atoms. The Kier molecular flexibility index (Phi) is 10.3. The highest BCUT2D eigenvalue weighted by Crippen LogP contribution is 2.12. The number of carbonyl (C=O) groups excluding carboxylic acids is 3. The van der Waals surface area contributed by atoms with E-state index in [0.29, 0.717) is 17.0 Å². The fourth-order valence-corrected chi connectivity index (χ4v) is 3.82. The van der Waals surface area contributed by atoms with Crippen LogP contribution in [-0.2, 0) is 38.4 Å². The van der Waals surface area contributed by atoms with Crippen LogP contribution in [0.25, 0.3) is 0 Å². The van der Waals surface area contributed by atoms with Gasteiger partial charge in [-0.3, -0.25) is 14.4 Å². The maximum Gasteiger partial charge on any atom is 0.328 e. The number of hydrogen-bond donors (Lipinski definition) is 9. The first kappa shape index (κ1) is 29.8. The number of phenolic OH excluding ortho intramolecular Hbond substituents is 1. The van der Waals surface area contributed by atoms with Crippen molar-refractivity contribution in [1.29, 1.82) is 0 Å². The first-order valence-corrected chi connectivity index (χ1v) is 12.3. The molecule has 40 heavy (non-hydrogen) atoms. The molecule has 15 nitrogen and oxygen atoms in total. The fraction of sp³-hybridized carbons (Fsp3) is 0.360. The Morgan fingerprint density at radius 3 is 1.90 bits per heavy atom. The molecule has 0 saturated heterocycles. The van der Waals surface area contributed by atoms with Crippen molar-refractivity contribution in [1.82, 2.24) is 35.9 Å². The number of nitrogens with zero attached hydrogens (tertiary/aromatic N) is 2. The summed E-state index contributed by atoms with van der Waals surface area (Å²) >= 11 is 0. The summed E-state index contributed by atoms with van der Waals surface area (Å²) in [6.45, 7) is 1.21. The summed E-state index contributed by atoms with van der Waals surface area (Å²) in [4.78, 5) is 64.4. The van der Waals surface area contributed by atoms with Gasteiger partial charge in [0.25, 0.3) is 0 Å². The highest BCUT2D eigenvalue weighted by atomic mass is 16.4. The average molecular weight is 557 g/mol. The van der Waals surface area contributed by atoms with Crippen molar-refractivity contribution >= 4 is 23.7 Å². The highest BCUT2D eigenvalue weighted by molar-refractivity contribution is 5.94. The number of imidazole rings is 2. The number of benzene rings is 1. The number of phenols is 1. The van der Waals surface area contributed by atoms with E-state index in [1.807, 2.05) is 0 Å².